The van der Waals surface area contributed by atoms with Gasteiger partial charge in [0.05, 0.1) is 0 Å². The van der Waals surface area contributed by atoms with Crippen molar-refractivity contribution >= 4 is 0 Å². The highest BCUT2D eigenvalue weighted by molar-refractivity contribution is 5.01. The second kappa shape index (κ2) is 4.24. The lowest BCUT2D eigenvalue weighted by molar-refractivity contribution is 0.191. The van der Waals surface area contributed by atoms with Crippen LogP contribution in [0.5, 0.6) is 0 Å². The molecule has 8 heavy (non-hydrogen) atoms. The molecule has 0 atom stereocenters. The molecule has 0 spiro atoms. The third-order valence-corrected chi connectivity index (χ3v) is 0.617. The highest BCUT2D eigenvalue weighted by Gasteiger charge is 1.73. The summed E-state index contributed by atoms with van der Waals surface area (Å²) in [6.07, 6.45) is 5.55. The molecule has 0 amide bonds. The van der Waals surface area contributed by atoms with E-state index in [-0.39, 0.29) is 0 Å². The van der Waals surface area contributed by atoms with Crippen molar-refractivity contribution in [3.8, 4) is 0 Å². The number of rotatable bonds is 2. The van der Waals surface area contributed by atoms with Crippen LogP contribution in [0.15, 0.2) is 24.2 Å². The minimum absolute atomic E-state index is 0.644. The average Bonchev–Trinajstić information content (AvgIpc) is 1.66. The fourth-order valence-corrected chi connectivity index (χ4v) is 0.290. The van der Waals surface area contributed by atoms with Crippen LogP contribution in [0.4, 0.5) is 0 Å². The lowest BCUT2D eigenvalue weighted by Gasteiger charge is -1.79. The van der Waals surface area contributed by atoms with Crippen LogP contribution in [0.2, 0.25) is 0 Å². The van der Waals surface area contributed by atoms with Crippen LogP contribution in [0.3, 0.4) is 0 Å². The third kappa shape index (κ3) is 5.08. The minimum Gasteiger partial charge on any atom is -0.481 e. The zero-order valence-electron chi connectivity index (χ0n) is 4.83. The molecule has 2 N–H and O–H groups in total. The Balaban J connectivity index is 3.42. The van der Waals surface area contributed by atoms with Gasteiger partial charge in [0.15, 0.2) is 0 Å². The van der Waals surface area contributed by atoms with Crippen molar-refractivity contribution in [3.05, 3.63) is 24.2 Å². The number of aliphatic hydroxyl groups is 2. The molecule has 0 unspecified atom stereocenters. The van der Waals surface area contributed by atoms with Gasteiger partial charge in [-0.1, -0.05) is 19.1 Å². The Bertz CT molecular complexity index is 99.1. The van der Waals surface area contributed by atoms with E-state index in [9.17, 15) is 0 Å². The maximum atomic E-state index is 8.14. The first-order chi connectivity index (χ1) is 3.77. The molecule has 46 valence electrons. The van der Waals surface area contributed by atoms with Gasteiger partial charge in [-0.2, -0.15) is 0 Å². The first kappa shape index (κ1) is 7.08. The van der Waals surface area contributed by atoms with Gasteiger partial charge in [-0.25, -0.2) is 0 Å². The van der Waals surface area contributed by atoms with Crippen LogP contribution in [0.25, 0.3) is 0 Å². The van der Waals surface area contributed by atoms with Crippen molar-refractivity contribution in [2.45, 2.75) is 13.3 Å². The number of hydrogen-bond acceptors (Lipinski definition) is 2. The molecule has 0 aromatic carbocycles. The zero-order chi connectivity index (χ0) is 6.41. The van der Waals surface area contributed by atoms with E-state index in [1.165, 1.54) is 6.08 Å². The smallest absolute Gasteiger partial charge is 0.274 e. The summed E-state index contributed by atoms with van der Waals surface area (Å²) in [5.74, 6) is -0.644. The summed E-state index contributed by atoms with van der Waals surface area (Å²) in [6, 6.07) is 0. The summed E-state index contributed by atoms with van der Waals surface area (Å²) in [5.41, 5.74) is 0. The van der Waals surface area contributed by atoms with Crippen molar-refractivity contribution < 1.29 is 10.2 Å². The quantitative estimate of drug-likeness (QED) is 0.425. The van der Waals surface area contributed by atoms with Gasteiger partial charge in [0.25, 0.3) is 5.95 Å². The molecule has 0 fully saturated rings. The maximum Gasteiger partial charge on any atom is 0.274 e. The van der Waals surface area contributed by atoms with E-state index in [4.69, 9.17) is 10.2 Å². The summed E-state index contributed by atoms with van der Waals surface area (Å²) < 4.78 is 0. The van der Waals surface area contributed by atoms with Gasteiger partial charge in [-0.05, 0) is 6.42 Å². The molecule has 0 radical (unpaired) electrons. The second-order valence-electron chi connectivity index (χ2n) is 1.36. The Morgan fingerprint density at radius 2 is 2.12 bits per heavy atom. The van der Waals surface area contributed by atoms with Gasteiger partial charge in [0, 0.05) is 6.08 Å². The molecule has 0 saturated carbocycles. The molecule has 0 heterocycles. The Kier molecular flexibility index (Phi) is 3.76. The number of hydrogen-bond donors (Lipinski definition) is 2. The van der Waals surface area contributed by atoms with Crippen molar-refractivity contribution in [3.63, 3.8) is 0 Å². The average molecular weight is 114 g/mol. The van der Waals surface area contributed by atoms with E-state index in [0.29, 0.717) is 0 Å². The first-order valence-corrected chi connectivity index (χ1v) is 2.52. The third-order valence-electron chi connectivity index (χ3n) is 0.617. The summed E-state index contributed by atoms with van der Waals surface area (Å²) in [5, 5.41) is 16.3. The predicted octanol–water partition coefficient (Wildman–Crippen LogP) is 1.91. The SMILES string of the molecule is CC/C=C/C=C(O)O. The van der Waals surface area contributed by atoms with Gasteiger partial charge in [-0.15, -0.1) is 0 Å². The molecule has 0 aromatic heterocycles. The monoisotopic (exact) mass is 114 g/mol. The van der Waals surface area contributed by atoms with Crippen molar-refractivity contribution in [2.75, 3.05) is 0 Å². The van der Waals surface area contributed by atoms with Gasteiger partial charge in [0.1, 0.15) is 0 Å². The minimum atomic E-state index is -0.644. The standard InChI is InChI=1S/C6H10O2/c1-2-3-4-5-6(7)8/h3-5,7-8H,2H2,1H3/b4-3+. The number of allylic oxidation sites excluding steroid dienone is 3. The fourth-order valence-electron chi connectivity index (χ4n) is 0.290. The highest BCUT2D eigenvalue weighted by atomic mass is 16.5. The van der Waals surface area contributed by atoms with Gasteiger partial charge in [-0.3, -0.25) is 0 Å². The Morgan fingerprint density at radius 1 is 1.50 bits per heavy atom. The molecule has 0 aliphatic carbocycles. The van der Waals surface area contributed by atoms with Crippen LogP contribution in [-0.4, -0.2) is 10.2 Å². The van der Waals surface area contributed by atoms with Gasteiger partial charge >= 0.3 is 0 Å². The van der Waals surface area contributed by atoms with E-state index >= 15 is 0 Å². The lowest BCUT2D eigenvalue weighted by atomic mass is 10.4. The largest absolute Gasteiger partial charge is 0.481 e. The van der Waals surface area contributed by atoms with Crippen LogP contribution in [-0.2, 0) is 0 Å². The molecule has 0 rings (SSSR count). The summed E-state index contributed by atoms with van der Waals surface area (Å²) >= 11 is 0. The second-order valence-corrected chi connectivity index (χ2v) is 1.36. The van der Waals surface area contributed by atoms with Crippen LogP contribution < -0.4 is 0 Å². The molecule has 0 saturated heterocycles. The normalized spacial score (nSPS) is 9.62. The van der Waals surface area contributed by atoms with Gasteiger partial charge in [0.2, 0.25) is 0 Å². The summed E-state index contributed by atoms with van der Waals surface area (Å²) in [7, 11) is 0. The molecule has 0 aromatic rings. The van der Waals surface area contributed by atoms with Gasteiger partial charge < -0.3 is 10.2 Å². The van der Waals surface area contributed by atoms with Crippen molar-refractivity contribution in [2.24, 2.45) is 0 Å². The molecular formula is C6H10O2. The first-order valence-electron chi connectivity index (χ1n) is 2.52. The molecule has 2 nitrogen and oxygen atoms in total. The lowest BCUT2D eigenvalue weighted by Crippen LogP contribution is -1.70. The van der Waals surface area contributed by atoms with E-state index < -0.39 is 5.95 Å². The fraction of sp³-hybridized carbons (Fsp3) is 0.333. The molecular weight excluding hydrogens is 104 g/mol. The Morgan fingerprint density at radius 3 is 2.50 bits per heavy atom. The van der Waals surface area contributed by atoms with E-state index in [0.717, 1.165) is 6.42 Å². The topological polar surface area (TPSA) is 40.5 Å². The zero-order valence-corrected chi connectivity index (χ0v) is 4.83. The molecule has 0 aliphatic rings. The number of aliphatic hydroxyl groups excluding tert-OH is 1. The Labute approximate surface area is 48.8 Å². The molecule has 0 bridgehead atoms. The maximum absolute atomic E-state index is 8.14. The highest BCUT2D eigenvalue weighted by Crippen LogP contribution is 1.83. The van der Waals surface area contributed by atoms with Crippen molar-refractivity contribution in [1.29, 1.82) is 0 Å². The summed E-state index contributed by atoms with van der Waals surface area (Å²) in [4.78, 5) is 0. The van der Waals surface area contributed by atoms with E-state index in [2.05, 4.69) is 0 Å². The predicted molar refractivity (Wildman–Crippen MR) is 32.8 cm³/mol. The van der Waals surface area contributed by atoms with Crippen LogP contribution in [0, 0.1) is 0 Å². The van der Waals surface area contributed by atoms with E-state index in [1.807, 2.05) is 13.0 Å². The molecule has 2 heteroatoms. The molecule has 0 aliphatic heterocycles. The summed E-state index contributed by atoms with van der Waals surface area (Å²) in [6.45, 7) is 1.97. The van der Waals surface area contributed by atoms with E-state index in [1.54, 1.807) is 6.08 Å². The Hall–Kier alpha value is -0.920. The van der Waals surface area contributed by atoms with Crippen LogP contribution >= 0.6 is 0 Å². The van der Waals surface area contributed by atoms with Crippen molar-refractivity contribution in [1.82, 2.24) is 0 Å². The van der Waals surface area contributed by atoms with Crippen LogP contribution in [0.1, 0.15) is 13.3 Å².